The van der Waals surface area contributed by atoms with Crippen LogP contribution in [-0.2, 0) is 13.0 Å². The van der Waals surface area contributed by atoms with Gasteiger partial charge in [-0.2, -0.15) is 0 Å². The number of hydrogen-bond donors (Lipinski definition) is 2. The average Bonchev–Trinajstić information content (AvgIpc) is 2.85. The monoisotopic (exact) mass is 326 g/mol. The fourth-order valence-electron chi connectivity index (χ4n) is 3.54. The number of para-hydroxylation sites is 1. The van der Waals surface area contributed by atoms with Crippen LogP contribution in [0.5, 0.6) is 11.5 Å². The van der Waals surface area contributed by atoms with Crippen LogP contribution >= 0.6 is 0 Å². The number of hydrogen-bond acceptors (Lipinski definition) is 4. The summed E-state index contributed by atoms with van der Waals surface area (Å²) in [7, 11) is 0. The molecule has 1 aromatic heterocycles. The van der Waals surface area contributed by atoms with Crippen LogP contribution in [0, 0.1) is 0 Å². The third-order valence-electron chi connectivity index (χ3n) is 4.72. The van der Waals surface area contributed by atoms with Crippen molar-refractivity contribution < 1.29 is 9.47 Å². The number of H-pyrrole nitrogens is 1. The second-order valence-electron chi connectivity index (χ2n) is 6.38. The van der Waals surface area contributed by atoms with Gasteiger partial charge in [-0.1, -0.05) is 18.2 Å². The number of fused-ring (bicyclic) bond motifs is 2. The van der Waals surface area contributed by atoms with Gasteiger partial charge in [0.25, 0.3) is 0 Å². The molecule has 0 fully saturated rings. The molecule has 5 nitrogen and oxygen atoms in total. The minimum absolute atomic E-state index is 0.0201. The quantitative estimate of drug-likeness (QED) is 0.910. The summed E-state index contributed by atoms with van der Waals surface area (Å²) in [4.78, 5) is 14.5. The second-order valence-corrected chi connectivity index (χ2v) is 6.38. The summed E-state index contributed by atoms with van der Waals surface area (Å²) in [6.07, 6.45) is 4.01. The Balaban J connectivity index is 1.54. The van der Waals surface area contributed by atoms with Crippen LogP contribution in [0.15, 0.2) is 35.1 Å². The first-order chi connectivity index (χ1) is 11.8. The fourth-order valence-corrected chi connectivity index (χ4v) is 3.54. The van der Waals surface area contributed by atoms with Crippen LogP contribution in [0.1, 0.15) is 42.1 Å². The number of aromatic amines is 1. The third-order valence-corrected chi connectivity index (χ3v) is 4.72. The van der Waals surface area contributed by atoms with Crippen molar-refractivity contribution >= 4 is 0 Å². The van der Waals surface area contributed by atoms with Crippen molar-refractivity contribution in [3.8, 4) is 11.5 Å². The summed E-state index contributed by atoms with van der Waals surface area (Å²) >= 11 is 0. The first kappa shape index (κ1) is 15.3. The maximum absolute atomic E-state index is 11.5. The van der Waals surface area contributed by atoms with E-state index in [9.17, 15) is 4.79 Å². The minimum atomic E-state index is -0.0201. The largest absolute Gasteiger partial charge is 0.490 e. The van der Waals surface area contributed by atoms with Gasteiger partial charge in [0, 0.05) is 36.3 Å². The van der Waals surface area contributed by atoms with Crippen molar-refractivity contribution in [2.45, 2.75) is 38.3 Å². The SMILES string of the molecule is O=c1ccc2c([nH]1)CCC[C@H]2NCc1cccc2c1OCCCO2. The summed E-state index contributed by atoms with van der Waals surface area (Å²) in [5, 5.41) is 3.63. The highest BCUT2D eigenvalue weighted by Gasteiger charge is 2.21. The van der Waals surface area contributed by atoms with E-state index < -0.39 is 0 Å². The van der Waals surface area contributed by atoms with Crippen molar-refractivity contribution in [1.82, 2.24) is 10.3 Å². The molecule has 2 aromatic rings. The zero-order valence-corrected chi connectivity index (χ0v) is 13.6. The van der Waals surface area contributed by atoms with Gasteiger partial charge in [-0.05, 0) is 30.9 Å². The summed E-state index contributed by atoms with van der Waals surface area (Å²) in [6, 6.07) is 9.88. The van der Waals surface area contributed by atoms with Crippen LogP contribution in [0.2, 0.25) is 0 Å². The fraction of sp³-hybridized carbons (Fsp3) is 0.421. The van der Waals surface area contributed by atoms with Crippen LogP contribution in [-0.4, -0.2) is 18.2 Å². The lowest BCUT2D eigenvalue weighted by Crippen LogP contribution is -2.27. The molecule has 2 aliphatic rings. The first-order valence-electron chi connectivity index (χ1n) is 8.64. The number of rotatable bonds is 3. The predicted octanol–water partition coefficient (Wildman–Crippen LogP) is 2.70. The lowest BCUT2D eigenvalue weighted by molar-refractivity contribution is 0.295. The van der Waals surface area contributed by atoms with Crippen LogP contribution in [0.3, 0.4) is 0 Å². The van der Waals surface area contributed by atoms with Crippen molar-refractivity contribution in [2.24, 2.45) is 0 Å². The Morgan fingerprint density at radius 1 is 1.12 bits per heavy atom. The Morgan fingerprint density at radius 3 is 3.00 bits per heavy atom. The highest BCUT2D eigenvalue weighted by Crippen LogP contribution is 2.34. The van der Waals surface area contributed by atoms with E-state index >= 15 is 0 Å². The van der Waals surface area contributed by atoms with Crippen molar-refractivity contribution in [2.75, 3.05) is 13.2 Å². The Kier molecular flexibility index (Phi) is 4.26. The molecule has 0 amide bonds. The van der Waals surface area contributed by atoms with Crippen molar-refractivity contribution in [1.29, 1.82) is 0 Å². The van der Waals surface area contributed by atoms with Gasteiger partial charge in [0.15, 0.2) is 11.5 Å². The van der Waals surface area contributed by atoms with Gasteiger partial charge in [-0.15, -0.1) is 0 Å². The summed E-state index contributed by atoms with van der Waals surface area (Å²) in [6.45, 7) is 2.11. The predicted molar refractivity (Wildman–Crippen MR) is 91.6 cm³/mol. The van der Waals surface area contributed by atoms with E-state index in [0.717, 1.165) is 55.0 Å². The number of aromatic nitrogens is 1. The number of pyridine rings is 1. The van der Waals surface area contributed by atoms with Crippen molar-refractivity contribution in [3.63, 3.8) is 0 Å². The molecule has 1 aliphatic heterocycles. The standard InChI is InChI=1S/C19H22N2O3/c22-18-9-8-14-15(5-2-6-16(14)21-18)20-12-13-4-1-7-17-19(13)24-11-3-10-23-17/h1,4,7-9,15,20H,2-3,5-6,10-12H2,(H,21,22)/t15-/m1/s1. The van der Waals surface area contributed by atoms with E-state index in [2.05, 4.69) is 16.4 Å². The van der Waals surface area contributed by atoms with E-state index in [1.165, 1.54) is 5.56 Å². The summed E-state index contributed by atoms with van der Waals surface area (Å²) < 4.78 is 11.7. The molecule has 2 heterocycles. The van der Waals surface area contributed by atoms with Gasteiger partial charge in [-0.3, -0.25) is 4.79 Å². The summed E-state index contributed by atoms with van der Waals surface area (Å²) in [5.74, 6) is 1.69. The molecule has 0 saturated carbocycles. The number of nitrogens with one attached hydrogen (secondary N) is 2. The Labute approximate surface area is 141 Å². The van der Waals surface area contributed by atoms with Gasteiger partial charge in [0.1, 0.15) is 0 Å². The molecule has 4 rings (SSSR count). The van der Waals surface area contributed by atoms with E-state index in [-0.39, 0.29) is 11.6 Å². The maximum atomic E-state index is 11.5. The highest BCUT2D eigenvalue weighted by molar-refractivity contribution is 5.47. The number of ether oxygens (including phenoxy) is 2. The Hall–Kier alpha value is -2.27. The molecule has 2 N–H and O–H groups in total. The molecule has 5 heteroatoms. The van der Waals surface area contributed by atoms with Crippen LogP contribution in [0.25, 0.3) is 0 Å². The van der Waals surface area contributed by atoms with E-state index in [1.54, 1.807) is 6.07 Å². The highest BCUT2D eigenvalue weighted by atomic mass is 16.5. The maximum Gasteiger partial charge on any atom is 0.248 e. The average molecular weight is 326 g/mol. The third kappa shape index (κ3) is 3.04. The molecule has 0 spiro atoms. The zero-order chi connectivity index (χ0) is 16.4. The van der Waals surface area contributed by atoms with Crippen LogP contribution in [0.4, 0.5) is 0 Å². The van der Waals surface area contributed by atoms with Gasteiger partial charge >= 0.3 is 0 Å². The minimum Gasteiger partial charge on any atom is -0.490 e. The van der Waals surface area contributed by atoms with E-state index in [0.29, 0.717) is 13.2 Å². The molecule has 1 aliphatic carbocycles. The molecule has 1 atom stereocenters. The number of benzene rings is 1. The molecule has 0 bridgehead atoms. The van der Waals surface area contributed by atoms with E-state index in [4.69, 9.17) is 9.47 Å². The van der Waals surface area contributed by atoms with E-state index in [1.807, 2.05) is 18.2 Å². The van der Waals surface area contributed by atoms with Crippen molar-refractivity contribution in [3.05, 3.63) is 57.5 Å². The van der Waals surface area contributed by atoms with Gasteiger partial charge in [0.2, 0.25) is 5.56 Å². The Bertz CT molecular complexity index is 784. The first-order valence-corrected chi connectivity index (χ1v) is 8.64. The lowest BCUT2D eigenvalue weighted by atomic mass is 9.91. The molecule has 24 heavy (non-hydrogen) atoms. The van der Waals surface area contributed by atoms with Gasteiger partial charge in [0.05, 0.1) is 13.2 Å². The molecule has 1 aromatic carbocycles. The molecular formula is C19H22N2O3. The molecule has 126 valence electrons. The van der Waals surface area contributed by atoms with Gasteiger partial charge in [-0.25, -0.2) is 0 Å². The zero-order valence-electron chi connectivity index (χ0n) is 13.6. The van der Waals surface area contributed by atoms with Crippen LogP contribution < -0.4 is 20.3 Å². The molecular weight excluding hydrogens is 304 g/mol. The Morgan fingerprint density at radius 2 is 2.04 bits per heavy atom. The summed E-state index contributed by atoms with van der Waals surface area (Å²) in [5.41, 5.74) is 3.37. The topological polar surface area (TPSA) is 63.4 Å². The van der Waals surface area contributed by atoms with Gasteiger partial charge < -0.3 is 19.8 Å². The molecule has 0 unspecified atom stereocenters. The molecule has 0 saturated heterocycles. The lowest BCUT2D eigenvalue weighted by Gasteiger charge is -2.26. The number of aryl methyl sites for hydroxylation is 1. The normalized spacial score (nSPS) is 19.4. The smallest absolute Gasteiger partial charge is 0.248 e. The second kappa shape index (κ2) is 6.69. The molecule has 0 radical (unpaired) electrons.